The van der Waals surface area contributed by atoms with Crippen molar-refractivity contribution in [2.24, 2.45) is 11.7 Å². The predicted octanol–water partition coefficient (Wildman–Crippen LogP) is 2.87. The summed E-state index contributed by atoms with van der Waals surface area (Å²) in [6.07, 6.45) is 2.11. The van der Waals surface area contributed by atoms with Crippen molar-refractivity contribution in [3.8, 4) is 0 Å². The average molecular weight is 198 g/mol. The Morgan fingerprint density at radius 1 is 1.38 bits per heavy atom. The largest absolute Gasteiger partial charge is 0.330 e. The summed E-state index contributed by atoms with van der Waals surface area (Å²) < 4.78 is 0. The summed E-state index contributed by atoms with van der Waals surface area (Å²) in [7, 11) is 0. The van der Waals surface area contributed by atoms with Crippen LogP contribution in [-0.4, -0.2) is 6.54 Å². The van der Waals surface area contributed by atoms with Crippen molar-refractivity contribution in [2.45, 2.75) is 19.8 Å². The molecule has 1 aromatic rings. The summed E-state index contributed by atoms with van der Waals surface area (Å²) in [6.45, 7) is 2.90. The van der Waals surface area contributed by atoms with E-state index in [1.165, 1.54) is 5.56 Å². The summed E-state index contributed by atoms with van der Waals surface area (Å²) in [5, 5.41) is 0.856. The highest BCUT2D eigenvalue weighted by Gasteiger charge is 2.07. The van der Waals surface area contributed by atoms with E-state index in [9.17, 15) is 0 Å². The van der Waals surface area contributed by atoms with Crippen molar-refractivity contribution in [1.82, 2.24) is 0 Å². The summed E-state index contributed by atoms with van der Waals surface area (Å²) in [4.78, 5) is 0. The molecule has 0 aromatic heterocycles. The van der Waals surface area contributed by atoms with E-state index in [0.29, 0.717) is 5.92 Å². The first kappa shape index (κ1) is 10.6. The SMILES string of the molecule is CCC(CN)Cc1ccccc1Cl. The maximum Gasteiger partial charge on any atom is 0.0438 e. The van der Waals surface area contributed by atoms with Gasteiger partial charge in [-0.05, 0) is 30.5 Å². The lowest BCUT2D eigenvalue weighted by Gasteiger charge is -2.12. The molecule has 72 valence electrons. The van der Waals surface area contributed by atoms with Crippen LogP contribution in [0.1, 0.15) is 18.9 Å². The first-order chi connectivity index (χ1) is 6.27. The van der Waals surface area contributed by atoms with Gasteiger partial charge in [0, 0.05) is 5.02 Å². The number of halogens is 1. The van der Waals surface area contributed by atoms with Crippen molar-refractivity contribution in [1.29, 1.82) is 0 Å². The molecular formula is C11H16ClN. The van der Waals surface area contributed by atoms with Gasteiger partial charge in [0.1, 0.15) is 0 Å². The minimum absolute atomic E-state index is 0.555. The minimum atomic E-state index is 0.555. The lowest BCUT2D eigenvalue weighted by molar-refractivity contribution is 0.519. The second kappa shape index (κ2) is 5.25. The Bertz CT molecular complexity index is 256. The highest BCUT2D eigenvalue weighted by Crippen LogP contribution is 2.19. The Morgan fingerprint density at radius 2 is 2.08 bits per heavy atom. The minimum Gasteiger partial charge on any atom is -0.330 e. The number of nitrogens with two attached hydrogens (primary N) is 1. The molecule has 0 heterocycles. The van der Waals surface area contributed by atoms with Crippen LogP contribution in [0.15, 0.2) is 24.3 Å². The summed E-state index contributed by atoms with van der Waals surface area (Å²) in [5.74, 6) is 0.555. The first-order valence-corrected chi connectivity index (χ1v) is 5.09. The van der Waals surface area contributed by atoms with Crippen molar-refractivity contribution in [2.75, 3.05) is 6.54 Å². The molecular weight excluding hydrogens is 182 g/mol. The van der Waals surface area contributed by atoms with Gasteiger partial charge in [0.25, 0.3) is 0 Å². The van der Waals surface area contributed by atoms with Crippen LogP contribution in [0, 0.1) is 5.92 Å². The van der Waals surface area contributed by atoms with Crippen LogP contribution in [0.2, 0.25) is 5.02 Å². The van der Waals surface area contributed by atoms with E-state index in [-0.39, 0.29) is 0 Å². The standard InChI is InChI=1S/C11H16ClN/c1-2-9(8-13)7-10-5-3-4-6-11(10)12/h3-6,9H,2,7-8,13H2,1H3. The van der Waals surface area contributed by atoms with Gasteiger partial charge in [0.2, 0.25) is 0 Å². The number of hydrogen-bond acceptors (Lipinski definition) is 1. The molecule has 1 nitrogen and oxygen atoms in total. The fourth-order valence-corrected chi connectivity index (χ4v) is 1.58. The zero-order valence-corrected chi connectivity index (χ0v) is 8.72. The molecule has 0 saturated carbocycles. The zero-order valence-electron chi connectivity index (χ0n) is 7.96. The number of benzene rings is 1. The molecule has 0 aliphatic rings. The molecule has 2 N–H and O–H groups in total. The van der Waals surface area contributed by atoms with Crippen LogP contribution in [0.4, 0.5) is 0 Å². The van der Waals surface area contributed by atoms with Crippen molar-refractivity contribution in [3.05, 3.63) is 34.9 Å². The van der Waals surface area contributed by atoms with Gasteiger partial charge in [-0.1, -0.05) is 43.1 Å². The molecule has 0 amide bonds. The Morgan fingerprint density at radius 3 is 2.62 bits per heavy atom. The third-order valence-corrected chi connectivity index (χ3v) is 2.75. The van der Waals surface area contributed by atoms with E-state index in [0.717, 1.165) is 24.4 Å². The topological polar surface area (TPSA) is 26.0 Å². The maximum atomic E-state index is 6.04. The molecule has 1 unspecified atom stereocenters. The molecule has 0 aliphatic heterocycles. The monoisotopic (exact) mass is 197 g/mol. The van der Waals surface area contributed by atoms with E-state index in [2.05, 4.69) is 13.0 Å². The second-order valence-corrected chi connectivity index (χ2v) is 3.71. The van der Waals surface area contributed by atoms with Crippen LogP contribution >= 0.6 is 11.6 Å². The molecule has 0 saturated heterocycles. The number of rotatable bonds is 4. The molecule has 1 atom stereocenters. The van der Waals surface area contributed by atoms with Gasteiger partial charge in [-0.2, -0.15) is 0 Å². The van der Waals surface area contributed by atoms with Gasteiger partial charge in [-0.25, -0.2) is 0 Å². The van der Waals surface area contributed by atoms with Crippen LogP contribution in [-0.2, 0) is 6.42 Å². The van der Waals surface area contributed by atoms with Crippen LogP contribution in [0.5, 0.6) is 0 Å². The van der Waals surface area contributed by atoms with Gasteiger partial charge < -0.3 is 5.73 Å². The van der Waals surface area contributed by atoms with E-state index < -0.39 is 0 Å². The van der Waals surface area contributed by atoms with Crippen molar-refractivity contribution in [3.63, 3.8) is 0 Å². The Hall–Kier alpha value is -0.530. The Balaban J connectivity index is 2.67. The lowest BCUT2D eigenvalue weighted by atomic mass is 9.97. The molecule has 1 aromatic carbocycles. The van der Waals surface area contributed by atoms with Gasteiger partial charge in [-0.15, -0.1) is 0 Å². The smallest absolute Gasteiger partial charge is 0.0438 e. The van der Waals surface area contributed by atoms with E-state index in [1.54, 1.807) is 0 Å². The lowest BCUT2D eigenvalue weighted by Crippen LogP contribution is -2.15. The summed E-state index contributed by atoms with van der Waals surface area (Å²) in [6, 6.07) is 7.97. The fourth-order valence-electron chi connectivity index (χ4n) is 1.37. The molecule has 0 bridgehead atoms. The Labute approximate surface area is 84.9 Å². The van der Waals surface area contributed by atoms with Crippen molar-refractivity contribution >= 4 is 11.6 Å². The highest BCUT2D eigenvalue weighted by atomic mass is 35.5. The van der Waals surface area contributed by atoms with Gasteiger partial charge in [-0.3, -0.25) is 0 Å². The Kier molecular flexibility index (Phi) is 4.26. The molecule has 0 fully saturated rings. The normalized spacial score (nSPS) is 12.8. The molecule has 0 spiro atoms. The summed E-state index contributed by atoms with van der Waals surface area (Å²) >= 11 is 6.04. The zero-order chi connectivity index (χ0) is 9.68. The molecule has 2 heteroatoms. The fraction of sp³-hybridized carbons (Fsp3) is 0.455. The van der Waals surface area contributed by atoms with E-state index in [1.807, 2.05) is 18.2 Å². The third-order valence-electron chi connectivity index (χ3n) is 2.38. The van der Waals surface area contributed by atoms with Gasteiger partial charge >= 0.3 is 0 Å². The second-order valence-electron chi connectivity index (χ2n) is 3.31. The quantitative estimate of drug-likeness (QED) is 0.790. The van der Waals surface area contributed by atoms with E-state index in [4.69, 9.17) is 17.3 Å². The predicted molar refractivity (Wildman–Crippen MR) is 58.0 cm³/mol. The molecule has 0 radical (unpaired) electrons. The molecule has 1 rings (SSSR count). The highest BCUT2D eigenvalue weighted by molar-refractivity contribution is 6.31. The average Bonchev–Trinajstić information content (AvgIpc) is 2.17. The van der Waals surface area contributed by atoms with Gasteiger partial charge in [0.05, 0.1) is 0 Å². The van der Waals surface area contributed by atoms with Crippen LogP contribution < -0.4 is 5.73 Å². The van der Waals surface area contributed by atoms with Crippen LogP contribution in [0.25, 0.3) is 0 Å². The summed E-state index contributed by atoms with van der Waals surface area (Å²) in [5.41, 5.74) is 6.85. The molecule has 13 heavy (non-hydrogen) atoms. The van der Waals surface area contributed by atoms with Crippen LogP contribution in [0.3, 0.4) is 0 Å². The van der Waals surface area contributed by atoms with Crippen molar-refractivity contribution < 1.29 is 0 Å². The van der Waals surface area contributed by atoms with E-state index >= 15 is 0 Å². The third kappa shape index (κ3) is 3.02. The molecule has 0 aliphatic carbocycles. The number of hydrogen-bond donors (Lipinski definition) is 1. The van der Waals surface area contributed by atoms with Gasteiger partial charge in [0.15, 0.2) is 0 Å². The maximum absolute atomic E-state index is 6.04. The first-order valence-electron chi connectivity index (χ1n) is 4.71.